The van der Waals surface area contributed by atoms with Crippen molar-refractivity contribution >= 4 is 69.6 Å². The number of halogens is 6. The highest BCUT2D eigenvalue weighted by Crippen LogP contribution is 2.83. The van der Waals surface area contributed by atoms with Crippen molar-refractivity contribution < 1.29 is 0 Å². The molecule has 0 aromatic heterocycles. The molecule has 0 spiro atoms. The van der Waals surface area contributed by atoms with E-state index >= 15 is 0 Å². The van der Waals surface area contributed by atoms with E-state index in [0.717, 1.165) is 12.8 Å². The van der Waals surface area contributed by atoms with Crippen molar-refractivity contribution in [1.82, 2.24) is 0 Å². The third kappa shape index (κ3) is 1.56. The van der Waals surface area contributed by atoms with Crippen molar-refractivity contribution in [2.45, 2.75) is 32.8 Å². The Hall–Kier alpha value is 0.700. The summed E-state index contributed by atoms with van der Waals surface area (Å²) in [5.41, 5.74) is 1.34. The molecule has 1 aromatic carbocycles. The maximum atomic E-state index is 7.05. The van der Waals surface area contributed by atoms with Gasteiger partial charge in [0.15, 0.2) is 4.33 Å². The van der Waals surface area contributed by atoms with Crippen molar-refractivity contribution in [1.29, 1.82) is 0 Å². The van der Waals surface area contributed by atoms with Crippen LogP contribution >= 0.6 is 69.6 Å². The van der Waals surface area contributed by atoms with Crippen LogP contribution in [0.25, 0.3) is 0 Å². The molecule has 4 aliphatic rings. The highest BCUT2D eigenvalue weighted by atomic mass is 35.5. The second kappa shape index (κ2) is 4.94. The summed E-state index contributed by atoms with van der Waals surface area (Å²) < 4.78 is -1.39. The Kier molecular flexibility index (Phi) is 3.47. The van der Waals surface area contributed by atoms with Gasteiger partial charge in [-0.25, -0.2) is 0 Å². The maximum Gasteiger partial charge on any atom is 0.166 e. The van der Waals surface area contributed by atoms with Crippen LogP contribution in [0, 0.1) is 23.7 Å². The van der Waals surface area contributed by atoms with Crippen LogP contribution in [0.4, 0.5) is 0 Å². The summed E-state index contributed by atoms with van der Waals surface area (Å²) in [5, 5.41) is 0.683. The Labute approximate surface area is 171 Å². The van der Waals surface area contributed by atoms with E-state index in [9.17, 15) is 0 Å². The van der Waals surface area contributed by atoms with Gasteiger partial charge in [-0.15, -0.1) is 23.2 Å². The van der Waals surface area contributed by atoms with Crippen LogP contribution < -0.4 is 0 Å². The quantitative estimate of drug-likeness (QED) is 0.328. The molecule has 0 nitrogen and oxygen atoms in total. The summed E-state index contributed by atoms with van der Waals surface area (Å²) >= 11 is 40.6. The first kappa shape index (κ1) is 16.8. The lowest BCUT2D eigenvalue weighted by Crippen LogP contribution is -2.46. The molecule has 6 heteroatoms. The standard InChI is InChI=1S/C18H14Cl6/c19-14-15(20)17(22)13-11-7-9(12(13)16(14,21)18(17,23)24)6-10(11)8-4-2-1-3-5-8/h1-5,9-13H,6-7H2/t9-,10-,11+,12-,13-,16+,17+/m1/s1. The Morgan fingerprint density at radius 1 is 0.792 bits per heavy atom. The smallest absolute Gasteiger partial charge is 0.109 e. The first-order chi connectivity index (χ1) is 11.3. The average Bonchev–Trinajstić information content (AvgIpc) is 3.22. The van der Waals surface area contributed by atoms with Crippen molar-refractivity contribution in [3.63, 3.8) is 0 Å². The van der Waals surface area contributed by atoms with E-state index in [1.54, 1.807) is 0 Å². The molecule has 0 radical (unpaired) electrons. The molecule has 0 unspecified atom stereocenters. The molecular weight excluding hydrogens is 429 g/mol. The second-order valence-electron chi connectivity index (χ2n) is 7.59. The number of rotatable bonds is 1. The van der Waals surface area contributed by atoms with Gasteiger partial charge in [-0.1, -0.05) is 76.7 Å². The molecule has 0 N–H and O–H groups in total. The van der Waals surface area contributed by atoms with E-state index in [1.165, 1.54) is 5.56 Å². The molecule has 4 aliphatic carbocycles. The van der Waals surface area contributed by atoms with Gasteiger partial charge in [0.05, 0.1) is 10.1 Å². The van der Waals surface area contributed by atoms with Crippen LogP contribution in [0.3, 0.4) is 0 Å². The molecule has 3 fully saturated rings. The number of fused-ring (bicyclic) bond motifs is 9. The van der Waals surface area contributed by atoms with Gasteiger partial charge in [0, 0.05) is 0 Å². The summed E-state index contributed by atoms with van der Waals surface area (Å²) in [6, 6.07) is 10.6. The van der Waals surface area contributed by atoms with Crippen LogP contribution in [0.5, 0.6) is 0 Å². The summed E-state index contributed by atoms with van der Waals surface area (Å²) in [6.07, 6.45) is 2.15. The molecule has 0 aliphatic heterocycles. The monoisotopic (exact) mass is 440 g/mol. The average molecular weight is 443 g/mol. The predicted octanol–water partition coefficient (Wildman–Crippen LogP) is 6.89. The van der Waals surface area contributed by atoms with Crippen molar-refractivity contribution in [3.8, 4) is 0 Å². The minimum Gasteiger partial charge on any atom is -0.109 e. The SMILES string of the molecule is ClC1=C(Cl)[C@@]2(Cl)[C@@H]3[C@H]4C[C@@H](C[C@@H]4c4ccccc4)[C@H]3[C@@]1(Cl)C2(Cl)Cl. The van der Waals surface area contributed by atoms with E-state index in [2.05, 4.69) is 24.3 Å². The van der Waals surface area contributed by atoms with Gasteiger partial charge in [-0.3, -0.25) is 0 Å². The normalized spacial score (nSPS) is 50.7. The van der Waals surface area contributed by atoms with Crippen LogP contribution in [0.2, 0.25) is 0 Å². The minimum absolute atomic E-state index is 0.0469. The fraction of sp³-hybridized carbons (Fsp3) is 0.556. The molecule has 1 aromatic rings. The van der Waals surface area contributed by atoms with Gasteiger partial charge in [0.25, 0.3) is 0 Å². The number of alkyl halides is 4. The molecule has 5 rings (SSSR count). The van der Waals surface area contributed by atoms with Crippen LogP contribution in [0.15, 0.2) is 40.4 Å². The number of benzene rings is 1. The van der Waals surface area contributed by atoms with Crippen molar-refractivity contribution in [3.05, 3.63) is 46.0 Å². The van der Waals surface area contributed by atoms with E-state index < -0.39 is 14.1 Å². The zero-order valence-corrected chi connectivity index (χ0v) is 17.0. The highest BCUT2D eigenvalue weighted by molar-refractivity contribution is 6.65. The molecular formula is C18H14Cl6. The Morgan fingerprint density at radius 3 is 2.00 bits per heavy atom. The van der Waals surface area contributed by atoms with Gasteiger partial charge in [-0.05, 0) is 48.0 Å². The number of hydrogen-bond donors (Lipinski definition) is 0. The first-order valence-electron chi connectivity index (χ1n) is 8.13. The molecule has 128 valence electrons. The molecule has 24 heavy (non-hydrogen) atoms. The van der Waals surface area contributed by atoms with E-state index in [1.807, 2.05) is 6.07 Å². The lowest BCUT2D eigenvalue weighted by molar-refractivity contribution is 0.196. The van der Waals surface area contributed by atoms with Crippen LogP contribution in [-0.2, 0) is 0 Å². The highest BCUT2D eigenvalue weighted by Gasteiger charge is 2.86. The van der Waals surface area contributed by atoms with Gasteiger partial charge >= 0.3 is 0 Å². The Balaban J connectivity index is 1.65. The summed E-state index contributed by atoms with van der Waals surface area (Å²) in [4.78, 5) is -2.18. The molecule has 0 amide bonds. The number of hydrogen-bond acceptors (Lipinski definition) is 0. The zero-order valence-electron chi connectivity index (χ0n) is 12.5. The Morgan fingerprint density at radius 2 is 1.38 bits per heavy atom. The van der Waals surface area contributed by atoms with Crippen LogP contribution in [-0.4, -0.2) is 14.1 Å². The van der Waals surface area contributed by atoms with Gasteiger partial charge in [0.2, 0.25) is 0 Å². The van der Waals surface area contributed by atoms with E-state index in [4.69, 9.17) is 69.6 Å². The molecule has 3 saturated carbocycles. The summed E-state index contributed by atoms with van der Waals surface area (Å²) in [6.45, 7) is 0. The van der Waals surface area contributed by atoms with Gasteiger partial charge in [-0.2, -0.15) is 0 Å². The fourth-order valence-corrected chi connectivity index (χ4v) is 9.28. The first-order valence-corrected chi connectivity index (χ1v) is 10.4. The zero-order chi connectivity index (χ0) is 17.1. The van der Waals surface area contributed by atoms with Gasteiger partial charge < -0.3 is 0 Å². The third-order valence-electron chi connectivity index (χ3n) is 6.90. The van der Waals surface area contributed by atoms with E-state index in [-0.39, 0.29) is 11.8 Å². The summed E-state index contributed by atoms with van der Waals surface area (Å²) in [5.74, 6) is 1.35. The third-order valence-corrected chi connectivity index (χ3v) is 11.2. The molecule has 0 heterocycles. The fourth-order valence-electron chi connectivity index (χ4n) is 6.13. The number of allylic oxidation sites excluding steroid dienone is 2. The van der Waals surface area contributed by atoms with Gasteiger partial charge in [0.1, 0.15) is 9.75 Å². The lowest BCUT2D eigenvalue weighted by atomic mass is 9.67. The maximum absolute atomic E-state index is 7.05. The van der Waals surface area contributed by atoms with E-state index in [0.29, 0.717) is 27.8 Å². The molecule has 0 saturated heterocycles. The predicted molar refractivity (Wildman–Crippen MR) is 103 cm³/mol. The van der Waals surface area contributed by atoms with Crippen molar-refractivity contribution in [2.24, 2.45) is 23.7 Å². The molecule has 4 bridgehead atoms. The largest absolute Gasteiger partial charge is 0.166 e. The molecule has 7 atom stereocenters. The summed E-state index contributed by atoms with van der Waals surface area (Å²) in [7, 11) is 0. The Bertz CT molecular complexity index is 758. The van der Waals surface area contributed by atoms with Crippen molar-refractivity contribution in [2.75, 3.05) is 0 Å². The lowest BCUT2D eigenvalue weighted by Gasteiger charge is -2.42. The topological polar surface area (TPSA) is 0 Å². The minimum atomic E-state index is -1.39. The van der Waals surface area contributed by atoms with Crippen LogP contribution in [0.1, 0.15) is 24.3 Å². The second-order valence-corrected chi connectivity index (χ2v) is 10.9.